The third-order valence-electron chi connectivity index (χ3n) is 3.28. The molecule has 0 aromatic heterocycles. The summed E-state index contributed by atoms with van der Waals surface area (Å²) in [6, 6.07) is 0. The maximum absolute atomic E-state index is 11.9. The van der Waals surface area contributed by atoms with Gasteiger partial charge in [0.15, 0.2) is 0 Å². The molecule has 0 spiro atoms. The first-order chi connectivity index (χ1) is 8.29. The summed E-state index contributed by atoms with van der Waals surface area (Å²) in [5.74, 6) is 0.121. The lowest BCUT2D eigenvalue weighted by Gasteiger charge is -2.41. The van der Waals surface area contributed by atoms with Crippen molar-refractivity contribution < 1.29 is 14.6 Å². The van der Waals surface area contributed by atoms with Gasteiger partial charge in [0, 0.05) is 0 Å². The van der Waals surface area contributed by atoms with Gasteiger partial charge in [0.05, 0.1) is 17.5 Å². The van der Waals surface area contributed by atoms with Gasteiger partial charge in [0.1, 0.15) is 5.60 Å². The number of halogens is 1. The fourth-order valence-electron chi connectivity index (χ4n) is 2.38. The van der Waals surface area contributed by atoms with Crippen molar-refractivity contribution in [3.8, 4) is 0 Å². The maximum Gasteiger partial charge on any atom is 0.408 e. The highest BCUT2D eigenvalue weighted by molar-refractivity contribution is 6.18. The molecule has 0 heterocycles. The molecule has 0 aromatic rings. The first-order valence-electron chi connectivity index (χ1n) is 6.54. The van der Waals surface area contributed by atoms with E-state index >= 15 is 0 Å². The van der Waals surface area contributed by atoms with Crippen LogP contribution in [0.4, 0.5) is 4.79 Å². The van der Waals surface area contributed by atoms with E-state index in [0.717, 1.165) is 32.1 Å². The number of hydrogen-bond acceptors (Lipinski definition) is 3. The predicted octanol–water partition coefficient (Wildman–Crippen LogP) is 2.81. The standard InChI is InChI=1S/C13H24ClNO3/c1-12(2,3)18-11(17)15-13(10(16)9-14)7-5-4-6-8-13/h10,16H,4-9H2,1-3H3,(H,15,17). The number of rotatable bonds is 3. The Morgan fingerprint density at radius 2 is 1.94 bits per heavy atom. The van der Waals surface area contributed by atoms with Crippen LogP contribution in [-0.2, 0) is 4.74 Å². The summed E-state index contributed by atoms with van der Waals surface area (Å²) in [4.78, 5) is 11.9. The Morgan fingerprint density at radius 1 is 1.39 bits per heavy atom. The predicted molar refractivity (Wildman–Crippen MR) is 71.9 cm³/mol. The lowest BCUT2D eigenvalue weighted by atomic mass is 9.78. The molecule has 1 atom stereocenters. The summed E-state index contributed by atoms with van der Waals surface area (Å²) < 4.78 is 5.26. The van der Waals surface area contributed by atoms with Crippen molar-refractivity contribution in [1.29, 1.82) is 0 Å². The monoisotopic (exact) mass is 277 g/mol. The minimum atomic E-state index is -0.730. The van der Waals surface area contributed by atoms with E-state index < -0.39 is 23.3 Å². The Labute approximate surface area is 114 Å². The Kier molecular flexibility index (Phi) is 5.29. The number of aliphatic hydroxyl groups excluding tert-OH is 1. The lowest BCUT2D eigenvalue weighted by molar-refractivity contribution is 0.0152. The number of amides is 1. The zero-order chi connectivity index (χ0) is 13.8. The van der Waals surface area contributed by atoms with E-state index in [1.54, 1.807) is 0 Å². The summed E-state index contributed by atoms with van der Waals surface area (Å²) in [6.07, 6.45) is 3.40. The smallest absolute Gasteiger partial charge is 0.408 e. The van der Waals surface area contributed by atoms with Crippen LogP contribution in [0.1, 0.15) is 52.9 Å². The highest BCUT2D eigenvalue weighted by atomic mass is 35.5. The third-order valence-corrected chi connectivity index (χ3v) is 3.57. The molecule has 0 bridgehead atoms. The molecular formula is C13H24ClNO3. The number of ether oxygens (including phenoxy) is 1. The average Bonchev–Trinajstić information content (AvgIpc) is 2.26. The normalized spacial score (nSPS) is 21.2. The SMILES string of the molecule is CC(C)(C)OC(=O)NC1(C(O)CCl)CCCCC1. The van der Waals surface area contributed by atoms with E-state index in [9.17, 15) is 9.90 Å². The van der Waals surface area contributed by atoms with Gasteiger partial charge in [-0.1, -0.05) is 19.3 Å². The lowest BCUT2D eigenvalue weighted by Crippen LogP contribution is -2.59. The zero-order valence-corrected chi connectivity index (χ0v) is 12.2. The Balaban J connectivity index is 2.70. The summed E-state index contributed by atoms with van der Waals surface area (Å²) in [5.41, 5.74) is -1.16. The minimum absolute atomic E-state index is 0.121. The fraction of sp³-hybridized carbons (Fsp3) is 0.923. The molecule has 1 rings (SSSR count). The van der Waals surface area contributed by atoms with Crippen LogP contribution in [0.15, 0.2) is 0 Å². The number of alkyl halides is 1. The van der Waals surface area contributed by atoms with Crippen LogP contribution >= 0.6 is 11.6 Å². The van der Waals surface area contributed by atoms with Gasteiger partial charge in [0.25, 0.3) is 0 Å². The maximum atomic E-state index is 11.9. The van der Waals surface area contributed by atoms with Crippen LogP contribution < -0.4 is 5.32 Å². The first-order valence-corrected chi connectivity index (χ1v) is 7.08. The molecule has 0 aromatic carbocycles. The van der Waals surface area contributed by atoms with Crippen molar-refractivity contribution >= 4 is 17.7 Å². The van der Waals surface area contributed by atoms with Crippen molar-refractivity contribution in [3.05, 3.63) is 0 Å². The molecule has 1 fully saturated rings. The highest BCUT2D eigenvalue weighted by Gasteiger charge is 2.40. The third kappa shape index (κ3) is 4.32. The number of aliphatic hydroxyl groups is 1. The number of carbonyl (C=O) groups excluding carboxylic acids is 1. The minimum Gasteiger partial charge on any atom is -0.444 e. The summed E-state index contributed by atoms with van der Waals surface area (Å²) in [6.45, 7) is 5.45. The van der Waals surface area contributed by atoms with E-state index in [1.807, 2.05) is 20.8 Å². The van der Waals surface area contributed by atoms with Gasteiger partial charge in [-0.2, -0.15) is 0 Å². The van der Waals surface area contributed by atoms with Crippen LogP contribution in [-0.4, -0.2) is 34.3 Å². The first kappa shape index (κ1) is 15.6. The Morgan fingerprint density at radius 3 is 2.39 bits per heavy atom. The molecule has 1 aliphatic rings. The highest BCUT2D eigenvalue weighted by Crippen LogP contribution is 2.32. The van der Waals surface area contributed by atoms with Crippen LogP contribution in [0.5, 0.6) is 0 Å². The van der Waals surface area contributed by atoms with E-state index in [2.05, 4.69) is 5.32 Å². The number of alkyl carbamates (subject to hydrolysis) is 1. The molecule has 0 saturated heterocycles. The molecule has 4 nitrogen and oxygen atoms in total. The topological polar surface area (TPSA) is 58.6 Å². The molecule has 0 aliphatic heterocycles. The second-order valence-electron chi connectivity index (χ2n) is 6.01. The van der Waals surface area contributed by atoms with Crippen molar-refractivity contribution in [2.24, 2.45) is 0 Å². The van der Waals surface area contributed by atoms with Gasteiger partial charge >= 0.3 is 6.09 Å². The molecule has 1 unspecified atom stereocenters. The Bertz CT molecular complexity index is 282. The molecule has 1 amide bonds. The van der Waals surface area contributed by atoms with Crippen molar-refractivity contribution in [3.63, 3.8) is 0 Å². The quantitative estimate of drug-likeness (QED) is 0.780. The van der Waals surface area contributed by atoms with Crippen molar-refractivity contribution in [2.75, 3.05) is 5.88 Å². The number of hydrogen-bond donors (Lipinski definition) is 2. The van der Waals surface area contributed by atoms with Crippen LogP contribution in [0.25, 0.3) is 0 Å². The van der Waals surface area contributed by atoms with Crippen LogP contribution in [0, 0.1) is 0 Å². The van der Waals surface area contributed by atoms with Gasteiger partial charge < -0.3 is 15.2 Å². The molecule has 2 N–H and O–H groups in total. The van der Waals surface area contributed by atoms with E-state index in [1.165, 1.54) is 0 Å². The van der Waals surface area contributed by atoms with Crippen molar-refractivity contribution in [1.82, 2.24) is 5.32 Å². The Hall–Kier alpha value is -0.480. The fourth-order valence-corrected chi connectivity index (χ4v) is 2.67. The van der Waals surface area contributed by atoms with Gasteiger partial charge in [-0.3, -0.25) is 0 Å². The summed E-state index contributed by atoms with van der Waals surface area (Å²) in [5, 5.41) is 12.9. The second kappa shape index (κ2) is 6.11. The van der Waals surface area contributed by atoms with E-state index in [-0.39, 0.29) is 5.88 Å². The zero-order valence-electron chi connectivity index (χ0n) is 11.5. The number of nitrogens with one attached hydrogen (secondary N) is 1. The molecule has 5 heteroatoms. The molecule has 106 valence electrons. The van der Waals surface area contributed by atoms with Gasteiger partial charge in [0.2, 0.25) is 0 Å². The van der Waals surface area contributed by atoms with Gasteiger partial charge in [-0.05, 0) is 33.6 Å². The van der Waals surface area contributed by atoms with Crippen LogP contribution in [0.2, 0.25) is 0 Å². The van der Waals surface area contributed by atoms with Gasteiger partial charge in [-0.25, -0.2) is 4.79 Å². The van der Waals surface area contributed by atoms with Crippen molar-refractivity contribution in [2.45, 2.75) is 70.1 Å². The summed E-state index contributed by atoms with van der Waals surface area (Å²) >= 11 is 5.75. The molecule has 1 aliphatic carbocycles. The summed E-state index contributed by atoms with van der Waals surface area (Å²) in [7, 11) is 0. The van der Waals surface area contributed by atoms with E-state index in [0.29, 0.717) is 0 Å². The molecule has 1 saturated carbocycles. The number of carbonyl (C=O) groups is 1. The van der Waals surface area contributed by atoms with Crippen LogP contribution in [0.3, 0.4) is 0 Å². The second-order valence-corrected chi connectivity index (χ2v) is 6.32. The molecule has 0 radical (unpaired) electrons. The average molecular weight is 278 g/mol. The molecular weight excluding hydrogens is 254 g/mol. The van der Waals surface area contributed by atoms with Gasteiger partial charge in [-0.15, -0.1) is 11.6 Å². The molecule has 18 heavy (non-hydrogen) atoms. The van der Waals surface area contributed by atoms with E-state index in [4.69, 9.17) is 16.3 Å². The largest absolute Gasteiger partial charge is 0.444 e.